The highest BCUT2D eigenvalue weighted by Crippen LogP contribution is 2.38. The summed E-state index contributed by atoms with van der Waals surface area (Å²) in [6.07, 6.45) is 1.43. The van der Waals surface area contributed by atoms with E-state index in [0.29, 0.717) is 60.5 Å². The van der Waals surface area contributed by atoms with Gasteiger partial charge in [-0.05, 0) is 54.3 Å². The molecule has 1 saturated heterocycles. The number of fused-ring (bicyclic) bond motifs is 1. The molecule has 5 rings (SSSR count). The summed E-state index contributed by atoms with van der Waals surface area (Å²) < 4.78 is 20.9. The molecule has 7 heteroatoms. The van der Waals surface area contributed by atoms with Crippen LogP contribution in [0.2, 0.25) is 0 Å². The third kappa shape index (κ3) is 5.23. The zero-order valence-corrected chi connectivity index (χ0v) is 23.0. The summed E-state index contributed by atoms with van der Waals surface area (Å²) in [5.74, 6) is 1.22. The van der Waals surface area contributed by atoms with Crippen molar-refractivity contribution in [1.82, 2.24) is 14.9 Å². The number of hydrogen-bond acceptors (Lipinski definition) is 4. The maximum atomic E-state index is 15.4. The Labute approximate surface area is 224 Å². The minimum atomic E-state index is -0.308. The average Bonchev–Trinajstić information content (AvgIpc) is 3.44. The molecule has 2 aromatic heterocycles. The van der Waals surface area contributed by atoms with Crippen molar-refractivity contribution < 1.29 is 13.9 Å². The van der Waals surface area contributed by atoms with Crippen LogP contribution in [0.5, 0.6) is 5.75 Å². The molecule has 38 heavy (non-hydrogen) atoms. The van der Waals surface area contributed by atoms with Crippen molar-refractivity contribution in [2.45, 2.75) is 40.5 Å². The van der Waals surface area contributed by atoms with Crippen molar-refractivity contribution in [3.05, 3.63) is 77.4 Å². The van der Waals surface area contributed by atoms with Crippen LogP contribution in [-0.2, 0) is 12.8 Å². The van der Waals surface area contributed by atoms with Gasteiger partial charge in [-0.1, -0.05) is 52.0 Å². The van der Waals surface area contributed by atoms with Crippen molar-refractivity contribution in [3.8, 4) is 16.9 Å². The lowest BCUT2D eigenvalue weighted by atomic mass is 9.96. The number of hydrogen-bond donors (Lipinski definition) is 1. The number of carbonyl (C=O) groups is 1. The number of H-pyrrole nitrogens is 1. The van der Waals surface area contributed by atoms with Crippen LogP contribution in [0.25, 0.3) is 22.0 Å². The van der Waals surface area contributed by atoms with Gasteiger partial charge in [0.1, 0.15) is 23.1 Å². The first-order valence-corrected chi connectivity index (χ1v) is 13.5. The number of piperazine rings is 1. The molecule has 6 nitrogen and oxygen atoms in total. The van der Waals surface area contributed by atoms with Crippen LogP contribution in [0.3, 0.4) is 0 Å². The van der Waals surface area contributed by atoms with Crippen molar-refractivity contribution in [2.75, 3.05) is 38.2 Å². The highest BCUT2D eigenvalue weighted by atomic mass is 19.1. The van der Waals surface area contributed by atoms with Crippen LogP contribution in [0.15, 0.2) is 54.6 Å². The smallest absolute Gasteiger partial charge is 0.270 e. The quantitative estimate of drug-likeness (QED) is 0.318. The van der Waals surface area contributed by atoms with E-state index in [4.69, 9.17) is 9.72 Å². The lowest BCUT2D eigenvalue weighted by Gasteiger charge is -2.35. The topological polar surface area (TPSA) is 61.5 Å². The Kier molecular flexibility index (Phi) is 8.66. The Balaban J connectivity index is 0.00000164. The second-order valence-electron chi connectivity index (χ2n) is 9.04. The van der Waals surface area contributed by atoms with E-state index >= 15 is 4.39 Å². The molecule has 1 amide bonds. The van der Waals surface area contributed by atoms with E-state index in [-0.39, 0.29) is 11.7 Å². The Morgan fingerprint density at radius 2 is 1.71 bits per heavy atom. The normalized spacial score (nSPS) is 13.3. The molecule has 3 heterocycles. The monoisotopic (exact) mass is 516 g/mol. The number of ether oxygens (including phenoxy) is 1. The Morgan fingerprint density at radius 3 is 2.39 bits per heavy atom. The van der Waals surface area contributed by atoms with E-state index in [1.165, 1.54) is 0 Å². The third-order valence-corrected chi connectivity index (χ3v) is 6.98. The Bertz CT molecular complexity index is 1410. The van der Waals surface area contributed by atoms with Gasteiger partial charge in [0, 0.05) is 42.8 Å². The molecule has 0 saturated carbocycles. The SMILES string of the molecule is CC.CCc1cccc(N2CCN(C(=O)c3cc4c(-c5ccccc5OC)cc(CC)c(F)c4[nH]3)CC2)n1. The molecule has 0 radical (unpaired) electrons. The summed E-state index contributed by atoms with van der Waals surface area (Å²) in [4.78, 5) is 25.3. The number of carbonyl (C=O) groups excluding carboxylic acids is 1. The number of nitrogens with zero attached hydrogens (tertiary/aromatic N) is 3. The summed E-state index contributed by atoms with van der Waals surface area (Å²) in [6.45, 7) is 10.6. The second-order valence-corrected chi connectivity index (χ2v) is 9.04. The number of pyridine rings is 1. The molecule has 1 aliphatic heterocycles. The average molecular weight is 517 g/mol. The number of amides is 1. The van der Waals surface area contributed by atoms with E-state index in [1.54, 1.807) is 13.2 Å². The fourth-order valence-corrected chi connectivity index (χ4v) is 4.93. The highest BCUT2D eigenvalue weighted by molar-refractivity contribution is 6.04. The Morgan fingerprint density at radius 1 is 0.974 bits per heavy atom. The Hall–Kier alpha value is -3.87. The predicted molar refractivity (Wildman–Crippen MR) is 153 cm³/mol. The molecule has 1 N–H and O–H groups in total. The van der Waals surface area contributed by atoms with Crippen LogP contribution < -0.4 is 9.64 Å². The molecule has 1 aliphatic rings. The van der Waals surface area contributed by atoms with E-state index < -0.39 is 0 Å². The predicted octanol–water partition coefficient (Wildman–Crippen LogP) is 6.49. The molecule has 4 aromatic rings. The summed E-state index contributed by atoms with van der Waals surface area (Å²) in [6, 6.07) is 17.4. The third-order valence-electron chi connectivity index (χ3n) is 6.98. The van der Waals surface area contributed by atoms with Crippen molar-refractivity contribution in [2.24, 2.45) is 0 Å². The van der Waals surface area contributed by atoms with Gasteiger partial charge in [-0.3, -0.25) is 4.79 Å². The molecule has 2 aromatic carbocycles. The number of halogens is 1. The van der Waals surface area contributed by atoms with Crippen LogP contribution in [0.4, 0.5) is 10.2 Å². The van der Waals surface area contributed by atoms with Crippen molar-refractivity contribution >= 4 is 22.6 Å². The van der Waals surface area contributed by atoms with Gasteiger partial charge in [0.25, 0.3) is 5.91 Å². The van der Waals surface area contributed by atoms with E-state index in [9.17, 15) is 4.79 Å². The number of aromatic amines is 1. The maximum Gasteiger partial charge on any atom is 0.270 e. The second kappa shape index (κ2) is 12.1. The van der Waals surface area contributed by atoms with Gasteiger partial charge in [-0.2, -0.15) is 0 Å². The van der Waals surface area contributed by atoms with Gasteiger partial charge in [-0.15, -0.1) is 0 Å². The number of benzene rings is 2. The molecule has 1 fully saturated rings. The van der Waals surface area contributed by atoms with Crippen LogP contribution in [0, 0.1) is 5.82 Å². The molecule has 0 bridgehead atoms. The van der Waals surface area contributed by atoms with Gasteiger partial charge in [0.2, 0.25) is 0 Å². The van der Waals surface area contributed by atoms with Gasteiger partial charge in [-0.25, -0.2) is 9.37 Å². The highest BCUT2D eigenvalue weighted by Gasteiger charge is 2.26. The number of rotatable bonds is 6. The van der Waals surface area contributed by atoms with Gasteiger partial charge in [0.05, 0.1) is 12.6 Å². The fourth-order valence-electron chi connectivity index (χ4n) is 4.93. The summed E-state index contributed by atoms with van der Waals surface area (Å²) in [5, 5.41) is 0.678. The minimum Gasteiger partial charge on any atom is -0.496 e. The lowest BCUT2D eigenvalue weighted by molar-refractivity contribution is 0.0741. The van der Waals surface area contributed by atoms with Crippen molar-refractivity contribution in [3.63, 3.8) is 0 Å². The van der Waals surface area contributed by atoms with Crippen LogP contribution in [0.1, 0.15) is 49.4 Å². The summed E-state index contributed by atoms with van der Waals surface area (Å²) in [5.41, 5.74) is 4.13. The number of para-hydroxylation sites is 1. The van der Waals surface area contributed by atoms with Gasteiger partial charge in [0.15, 0.2) is 0 Å². The molecule has 0 spiro atoms. The number of aryl methyl sites for hydroxylation is 2. The number of anilines is 1. The number of methoxy groups -OCH3 is 1. The first kappa shape index (κ1) is 27.2. The molecule has 200 valence electrons. The first-order chi connectivity index (χ1) is 18.5. The van der Waals surface area contributed by atoms with Gasteiger partial charge < -0.3 is 19.5 Å². The van der Waals surface area contributed by atoms with E-state index in [1.807, 2.05) is 74.2 Å². The summed E-state index contributed by atoms with van der Waals surface area (Å²) >= 11 is 0. The molecule has 0 aliphatic carbocycles. The zero-order chi connectivity index (χ0) is 27.2. The molecule has 0 atom stereocenters. The molecular formula is C31H37FN4O2. The van der Waals surface area contributed by atoms with Crippen LogP contribution >= 0.6 is 0 Å². The summed E-state index contributed by atoms with van der Waals surface area (Å²) in [7, 11) is 1.63. The van der Waals surface area contributed by atoms with E-state index in [0.717, 1.165) is 29.1 Å². The largest absolute Gasteiger partial charge is 0.496 e. The number of nitrogens with one attached hydrogen (secondary N) is 1. The first-order valence-electron chi connectivity index (χ1n) is 13.5. The maximum absolute atomic E-state index is 15.4. The van der Waals surface area contributed by atoms with Gasteiger partial charge >= 0.3 is 0 Å². The molecular weight excluding hydrogens is 479 g/mol. The molecule has 0 unspecified atom stereocenters. The number of aromatic nitrogens is 2. The minimum absolute atomic E-state index is 0.121. The van der Waals surface area contributed by atoms with Crippen molar-refractivity contribution in [1.29, 1.82) is 0 Å². The lowest BCUT2D eigenvalue weighted by Crippen LogP contribution is -2.49. The standard InChI is InChI=1S/C29H31FN4O2.C2H6/c1-4-19-17-22(21-10-6-7-11-25(21)36-3)23-18-24(32-28(23)27(19)30)29(35)34-15-13-33(14-16-34)26-12-8-9-20(5-2)31-26;1-2/h6-12,17-18,32H,4-5,13-16H2,1-3H3;1-2H3. The van der Waals surface area contributed by atoms with E-state index in [2.05, 4.69) is 16.8 Å². The fraction of sp³-hybridized carbons (Fsp3) is 0.355. The van der Waals surface area contributed by atoms with Crippen LogP contribution in [-0.4, -0.2) is 54.1 Å². The zero-order valence-electron chi connectivity index (χ0n) is 23.0.